The standard InChI is InChI=1S/C26H36N2O3/c29-19-26-8-7-25(31-26)18-27(17-24-6-3-13-30-24)16-20-9-11-28(12-10-20)23-14-21-4-1-2-5-22(21)15-23/h1-2,4-5,7-8,20,23-24,29H,3,6,9-19H2/t24-/m1/s1. The zero-order valence-electron chi connectivity index (χ0n) is 18.5. The number of nitrogens with zero attached hydrogens (tertiary/aromatic N) is 2. The number of fused-ring (bicyclic) bond motifs is 1. The maximum atomic E-state index is 9.32. The highest BCUT2D eigenvalue weighted by Gasteiger charge is 2.31. The fraction of sp³-hybridized carbons (Fsp3) is 0.615. The van der Waals surface area contributed by atoms with E-state index in [1.165, 1.54) is 45.2 Å². The van der Waals surface area contributed by atoms with Gasteiger partial charge in [-0.05, 0) is 80.8 Å². The second-order valence-electron chi connectivity index (χ2n) is 9.67. The molecule has 2 saturated heterocycles. The summed E-state index contributed by atoms with van der Waals surface area (Å²) in [5.74, 6) is 2.33. The molecule has 5 heteroatoms. The van der Waals surface area contributed by atoms with Crippen molar-refractivity contribution in [3.8, 4) is 0 Å². The number of hydrogen-bond donors (Lipinski definition) is 1. The van der Waals surface area contributed by atoms with Gasteiger partial charge in [-0.25, -0.2) is 0 Å². The van der Waals surface area contributed by atoms with E-state index in [0.29, 0.717) is 17.9 Å². The molecule has 3 heterocycles. The lowest BCUT2D eigenvalue weighted by molar-refractivity contribution is 0.0513. The molecule has 1 aromatic carbocycles. The second-order valence-corrected chi connectivity index (χ2v) is 9.67. The van der Waals surface area contributed by atoms with Gasteiger partial charge in [-0.1, -0.05) is 24.3 Å². The summed E-state index contributed by atoms with van der Waals surface area (Å²) in [5, 5.41) is 9.32. The molecule has 1 aromatic heterocycles. The molecule has 2 aromatic rings. The summed E-state index contributed by atoms with van der Waals surface area (Å²) in [4.78, 5) is 5.27. The summed E-state index contributed by atoms with van der Waals surface area (Å²) in [7, 11) is 0. The number of likely N-dealkylation sites (tertiary alicyclic amines) is 1. The Morgan fingerprint density at radius 2 is 1.68 bits per heavy atom. The lowest BCUT2D eigenvalue weighted by Gasteiger charge is -2.38. The number of benzene rings is 1. The van der Waals surface area contributed by atoms with Crippen LogP contribution < -0.4 is 0 Å². The van der Waals surface area contributed by atoms with Crippen LogP contribution in [-0.2, 0) is 30.7 Å². The fourth-order valence-corrected chi connectivity index (χ4v) is 5.75. The zero-order chi connectivity index (χ0) is 21.0. The third kappa shape index (κ3) is 5.23. The van der Waals surface area contributed by atoms with Crippen LogP contribution in [0.3, 0.4) is 0 Å². The van der Waals surface area contributed by atoms with Gasteiger partial charge in [0.25, 0.3) is 0 Å². The minimum absolute atomic E-state index is 0.0325. The van der Waals surface area contributed by atoms with Crippen molar-refractivity contribution in [2.24, 2.45) is 5.92 Å². The van der Waals surface area contributed by atoms with Crippen LogP contribution >= 0.6 is 0 Å². The van der Waals surface area contributed by atoms with Crippen LogP contribution in [0, 0.1) is 5.92 Å². The van der Waals surface area contributed by atoms with Crippen LogP contribution in [0.4, 0.5) is 0 Å². The number of aliphatic hydroxyl groups excluding tert-OH is 1. The average Bonchev–Trinajstić information content (AvgIpc) is 3.55. The summed E-state index contributed by atoms with van der Waals surface area (Å²) >= 11 is 0. The lowest BCUT2D eigenvalue weighted by atomic mass is 9.94. The van der Waals surface area contributed by atoms with Crippen LogP contribution in [0.25, 0.3) is 0 Å². The van der Waals surface area contributed by atoms with E-state index in [-0.39, 0.29) is 6.61 Å². The molecule has 1 aliphatic carbocycles. The minimum atomic E-state index is -0.0325. The maximum Gasteiger partial charge on any atom is 0.129 e. The molecule has 3 aliphatic rings. The molecule has 2 aliphatic heterocycles. The van der Waals surface area contributed by atoms with E-state index in [4.69, 9.17) is 9.15 Å². The maximum absolute atomic E-state index is 9.32. The van der Waals surface area contributed by atoms with Crippen molar-refractivity contribution in [3.05, 3.63) is 59.0 Å². The molecule has 5 nitrogen and oxygen atoms in total. The van der Waals surface area contributed by atoms with Gasteiger partial charge in [-0.2, -0.15) is 0 Å². The van der Waals surface area contributed by atoms with E-state index in [1.54, 1.807) is 11.1 Å². The van der Waals surface area contributed by atoms with E-state index in [9.17, 15) is 5.11 Å². The Hall–Kier alpha value is -1.66. The normalized spacial score (nSPS) is 23.1. The number of rotatable bonds is 8. The third-order valence-electron chi connectivity index (χ3n) is 7.45. The van der Waals surface area contributed by atoms with Crippen molar-refractivity contribution < 1.29 is 14.3 Å². The molecule has 168 valence electrons. The van der Waals surface area contributed by atoms with E-state index in [2.05, 4.69) is 34.1 Å². The molecule has 1 N–H and O–H groups in total. The van der Waals surface area contributed by atoms with Gasteiger partial charge >= 0.3 is 0 Å². The van der Waals surface area contributed by atoms with Crippen LogP contribution in [-0.4, -0.2) is 59.8 Å². The quantitative estimate of drug-likeness (QED) is 0.701. The molecular formula is C26H36N2O3. The van der Waals surface area contributed by atoms with Crippen LogP contribution in [0.15, 0.2) is 40.8 Å². The molecule has 0 bridgehead atoms. The molecular weight excluding hydrogens is 388 g/mol. The molecule has 2 fully saturated rings. The number of piperidine rings is 1. The van der Waals surface area contributed by atoms with E-state index in [1.807, 2.05) is 12.1 Å². The smallest absolute Gasteiger partial charge is 0.129 e. The summed E-state index contributed by atoms with van der Waals surface area (Å²) in [6.45, 7) is 6.18. The summed E-state index contributed by atoms with van der Waals surface area (Å²) < 4.78 is 11.7. The van der Waals surface area contributed by atoms with Gasteiger partial charge in [0.05, 0.1) is 12.6 Å². The van der Waals surface area contributed by atoms with Crippen molar-refractivity contribution in [2.45, 2.75) is 63.8 Å². The third-order valence-corrected chi connectivity index (χ3v) is 7.45. The summed E-state index contributed by atoms with van der Waals surface area (Å²) in [6.07, 6.45) is 7.68. The molecule has 0 amide bonds. The summed E-state index contributed by atoms with van der Waals surface area (Å²) in [5.41, 5.74) is 3.11. The first-order valence-electron chi connectivity index (χ1n) is 12.1. The van der Waals surface area contributed by atoms with Gasteiger partial charge in [-0.3, -0.25) is 9.80 Å². The highest BCUT2D eigenvalue weighted by atomic mass is 16.5. The van der Waals surface area contributed by atoms with Gasteiger partial charge in [0.15, 0.2) is 0 Å². The Balaban J connectivity index is 1.15. The Bertz CT molecular complexity index is 812. The molecule has 31 heavy (non-hydrogen) atoms. The number of furan rings is 1. The number of hydrogen-bond acceptors (Lipinski definition) is 5. The molecule has 0 unspecified atom stereocenters. The van der Waals surface area contributed by atoms with Gasteiger partial charge in [0, 0.05) is 25.7 Å². The van der Waals surface area contributed by atoms with Crippen LogP contribution in [0.2, 0.25) is 0 Å². The SMILES string of the molecule is OCc1ccc(CN(CC2CCN(C3Cc4ccccc4C3)CC2)C[C@H]2CCCO2)o1. The first-order valence-corrected chi connectivity index (χ1v) is 12.1. The molecule has 0 saturated carbocycles. The number of ether oxygens (including phenoxy) is 1. The molecule has 0 radical (unpaired) electrons. The van der Waals surface area contributed by atoms with Crippen LogP contribution in [0.1, 0.15) is 48.3 Å². The highest BCUT2D eigenvalue weighted by Crippen LogP contribution is 2.29. The van der Waals surface area contributed by atoms with Crippen molar-refractivity contribution in [3.63, 3.8) is 0 Å². The topological polar surface area (TPSA) is 49.1 Å². The minimum Gasteiger partial charge on any atom is -0.462 e. The van der Waals surface area contributed by atoms with Crippen molar-refractivity contribution in [2.75, 3.05) is 32.8 Å². The van der Waals surface area contributed by atoms with E-state index in [0.717, 1.165) is 44.3 Å². The van der Waals surface area contributed by atoms with Gasteiger partial charge in [-0.15, -0.1) is 0 Å². The monoisotopic (exact) mass is 424 g/mol. The fourth-order valence-electron chi connectivity index (χ4n) is 5.75. The van der Waals surface area contributed by atoms with Crippen LogP contribution in [0.5, 0.6) is 0 Å². The van der Waals surface area contributed by atoms with Crippen molar-refractivity contribution in [1.82, 2.24) is 9.80 Å². The summed E-state index contributed by atoms with van der Waals surface area (Å²) in [6, 6.07) is 13.6. The van der Waals surface area contributed by atoms with Gasteiger partial charge in [0.1, 0.15) is 18.1 Å². The van der Waals surface area contributed by atoms with Gasteiger partial charge in [0.2, 0.25) is 0 Å². The Morgan fingerprint density at radius 1 is 0.935 bits per heavy atom. The predicted molar refractivity (Wildman–Crippen MR) is 121 cm³/mol. The second kappa shape index (κ2) is 9.86. The lowest BCUT2D eigenvalue weighted by Crippen LogP contribution is -2.44. The molecule has 0 spiro atoms. The molecule has 1 atom stereocenters. The Kier molecular flexibility index (Phi) is 6.75. The van der Waals surface area contributed by atoms with E-state index < -0.39 is 0 Å². The highest BCUT2D eigenvalue weighted by molar-refractivity contribution is 5.33. The van der Waals surface area contributed by atoms with Gasteiger partial charge < -0.3 is 14.3 Å². The largest absolute Gasteiger partial charge is 0.462 e. The first kappa shape index (κ1) is 21.2. The Labute approximate surface area is 186 Å². The predicted octanol–water partition coefficient (Wildman–Crippen LogP) is 3.63. The average molecular weight is 425 g/mol. The van der Waals surface area contributed by atoms with Crippen molar-refractivity contribution in [1.29, 1.82) is 0 Å². The number of aliphatic hydroxyl groups is 1. The first-order chi connectivity index (χ1) is 15.3. The molecule has 5 rings (SSSR count). The zero-order valence-corrected chi connectivity index (χ0v) is 18.5. The van der Waals surface area contributed by atoms with Crippen molar-refractivity contribution >= 4 is 0 Å². The van der Waals surface area contributed by atoms with E-state index >= 15 is 0 Å². The Morgan fingerprint density at radius 3 is 2.32 bits per heavy atom.